The molecule has 0 bridgehead atoms. The molecular formula is C22H32O4. The lowest BCUT2D eigenvalue weighted by Crippen LogP contribution is -2.36. The monoisotopic (exact) mass is 360 g/mol. The Morgan fingerprint density at radius 1 is 1.04 bits per heavy atom. The molecule has 144 valence electrons. The predicted octanol–water partition coefficient (Wildman–Crippen LogP) is 5.26. The molecule has 0 amide bonds. The van der Waals surface area contributed by atoms with Crippen molar-refractivity contribution >= 4 is 11.9 Å². The summed E-state index contributed by atoms with van der Waals surface area (Å²) in [5.74, 6) is -0.433. The quantitative estimate of drug-likeness (QED) is 0.361. The highest BCUT2D eigenvalue weighted by molar-refractivity contribution is 5.83. The van der Waals surface area contributed by atoms with Crippen LogP contribution < -0.4 is 4.74 Å². The van der Waals surface area contributed by atoms with Crippen LogP contribution in [0.4, 0.5) is 0 Å². The molecule has 0 heterocycles. The van der Waals surface area contributed by atoms with Gasteiger partial charge in [0.2, 0.25) is 0 Å². The zero-order valence-corrected chi connectivity index (χ0v) is 16.3. The van der Waals surface area contributed by atoms with E-state index >= 15 is 0 Å². The molecule has 0 radical (unpaired) electrons. The van der Waals surface area contributed by atoms with E-state index in [0.29, 0.717) is 25.2 Å². The number of unbranched alkanes of at least 4 members (excludes halogenated alkanes) is 2. The molecule has 4 heteroatoms. The van der Waals surface area contributed by atoms with Gasteiger partial charge in [0.15, 0.2) is 0 Å². The second kappa shape index (κ2) is 10.3. The normalized spacial score (nSPS) is 20.0. The first-order valence-corrected chi connectivity index (χ1v) is 10.0. The van der Waals surface area contributed by atoms with Crippen molar-refractivity contribution in [2.45, 2.75) is 71.6 Å². The van der Waals surface area contributed by atoms with E-state index in [0.717, 1.165) is 37.7 Å². The average molecular weight is 360 g/mol. The molecule has 1 aliphatic carbocycles. The van der Waals surface area contributed by atoms with E-state index in [9.17, 15) is 9.59 Å². The molecule has 1 fully saturated rings. The molecule has 1 aromatic carbocycles. The number of para-hydroxylation sites is 1. The van der Waals surface area contributed by atoms with Crippen molar-refractivity contribution in [2.24, 2.45) is 11.8 Å². The highest BCUT2D eigenvalue weighted by Crippen LogP contribution is 2.34. The third-order valence-electron chi connectivity index (χ3n) is 5.12. The molecule has 4 nitrogen and oxygen atoms in total. The number of carbonyl (C=O) groups is 2. The minimum Gasteiger partial charge on any atom is -0.465 e. The van der Waals surface area contributed by atoms with E-state index in [2.05, 4.69) is 20.8 Å². The Morgan fingerprint density at radius 2 is 1.69 bits per heavy atom. The number of rotatable bonds is 8. The standard InChI is InChI=1S/C22H32O4/c1-4-5-10-15-25-21(23)18-12-6-7-13-19(18)22(24)26-20-14-9-8-11-17(20)16(2)3/h8-9,11,14,16,18-19H,4-7,10,12-13,15H2,1-3H3. The van der Waals surface area contributed by atoms with Crippen LogP contribution in [-0.4, -0.2) is 18.5 Å². The van der Waals surface area contributed by atoms with Gasteiger partial charge in [-0.1, -0.05) is 64.7 Å². The largest absolute Gasteiger partial charge is 0.465 e. The summed E-state index contributed by atoms with van der Waals surface area (Å²) in [6.07, 6.45) is 6.33. The summed E-state index contributed by atoms with van der Waals surface area (Å²) in [4.78, 5) is 25.3. The molecule has 2 atom stereocenters. The lowest BCUT2D eigenvalue weighted by molar-refractivity contribution is -0.158. The Labute approximate surface area is 157 Å². The highest BCUT2D eigenvalue weighted by atomic mass is 16.5. The van der Waals surface area contributed by atoms with Gasteiger partial charge in [-0.15, -0.1) is 0 Å². The molecular weight excluding hydrogens is 328 g/mol. The summed E-state index contributed by atoms with van der Waals surface area (Å²) >= 11 is 0. The van der Waals surface area contributed by atoms with Crippen LogP contribution in [-0.2, 0) is 14.3 Å². The molecule has 0 spiro atoms. The minimum atomic E-state index is -0.400. The Bertz CT molecular complexity index is 594. The van der Waals surface area contributed by atoms with Crippen LogP contribution >= 0.6 is 0 Å². The molecule has 0 N–H and O–H groups in total. The van der Waals surface area contributed by atoms with Gasteiger partial charge >= 0.3 is 11.9 Å². The Morgan fingerprint density at radius 3 is 2.35 bits per heavy atom. The van der Waals surface area contributed by atoms with E-state index in [1.165, 1.54) is 0 Å². The van der Waals surface area contributed by atoms with Crippen LogP contribution in [0.3, 0.4) is 0 Å². The fourth-order valence-electron chi connectivity index (χ4n) is 3.56. The van der Waals surface area contributed by atoms with Crippen molar-refractivity contribution in [1.82, 2.24) is 0 Å². The van der Waals surface area contributed by atoms with Gasteiger partial charge in [0, 0.05) is 0 Å². The second-order valence-electron chi connectivity index (χ2n) is 7.49. The van der Waals surface area contributed by atoms with Crippen molar-refractivity contribution in [1.29, 1.82) is 0 Å². The molecule has 2 unspecified atom stereocenters. The maximum Gasteiger partial charge on any atom is 0.315 e. The smallest absolute Gasteiger partial charge is 0.315 e. The molecule has 26 heavy (non-hydrogen) atoms. The van der Waals surface area contributed by atoms with Crippen LogP contribution in [0, 0.1) is 11.8 Å². The van der Waals surface area contributed by atoms with E-state index in [-0.39, 0.29) is 23.8 Å². The van der Waals surface area contributed by atoms with Crippen molar-refractivity contribution in [3.05, 3.63) is 29.8 Å². The first-order valence-electron chi connectivity index (χ1n) is 10.0. The summed E-state index contributed by atoms with van der Waals surface area (Å²) in [5.41, 5.74) is 1.01. The van der Waals surface area contributed by atoms with Crippen LogP contribution in [0.2, 0.25) is 0 Å². The van der Waals surface area contributed by atoms with Crippen LogP contribution in [0.25, 0.3) is 0 Å². The van der Waals surface area contributed by atoms with Gasteiger partial charge in [-0.05, 0) is 36.8 Å². The maximum atomic E-state index is 12.8. The van der Waals surface area contributed by atoms with E-state index < -0.39 is 5.92 Å². The summed E-state index contributed by atoms with van der Waals surface area (Å²) in [6.45, 7) is 6.71. The Hall–Kier alpha value is -1.84. The molecule has 1 aliphatic rings. The SMILES string of the molecule is CCCCCOC(=O)C1CCCCC1C(=O)Oc1ccccc1C(C)C. The molecule has 2 rings (SSSR count). The number of hydrogen-bond acceptors (Lipinski definition) is 4. The third-order valence-corrected chi connectivity index (χ3v) is 5.12. The van der Waals surface area contributed by atoms with Crippen LogP contribution in [0.1, 0.15) is 77.2 Å². The summed E-state index contributed by atoms with van der Waals surface area (Å²) in [5, 5.41) is 0. The highest BCUT2D eigenvalue weighted by Gasteiger charge is 2.38. The van der Waals surface area contributed by atoms with Gasteiger partial charge in [0.05, 0.1) is 18.4 Å². The number of ether oxygens (including phenoxy) is 2. The molecule has 1 saturated carbocycles. The third kappa shape index (κ3) is 5.58. The number of esters is 2. The van der Waals surface area contributed by atoms with Gasteiger partial charge < -0.3 is 9.47 Å². The number of carbonyl (C=O) groups excluding carboxylic acids is 2. The summed E-state index contributed by atoms with van der Waals surface area (Å²) < 4.78 is 11.2. The van der Waals surface area contributed by atoms with Gasteiger partial charge in [-0.25, -0.2) is 0 Å². The fourth-order valence-corrected chi connectivity index (χ4v) is 3.56. The Balaban J connectivity index is 2.02. The second-order valence-corrected chi connectivity index (χ2v) is 7.49. The van der Waals surface area contributed by atoms with Crippen LogP contribution in [0.15, 0.2) is 24.3 Å². The number of benzene rings is 1. The molecule has 0 aromatic heterocycles. The molecule has 0 aliphatic heterocycles. The number of hydrogen-bond donors (Lipinski definition) is 0. The Kier molecular flexibility index (Phi) is 8.14. The van der Waals surface area contributed by atoms with Crippen molar-refractivity contribution < 1.29 is 19.1 Å². The maximum absolute atomic E-state index is 12.8. The fraction of sp³-hybridized carbons (Fsp3) is 0.636. The van der Waals surface area contributed by atoms with E-state index in [1.54, 1.807) is 0 Å². The topological polar surface area (TPSA) is 52.6 Å². The molecule has 0 saturated heterocycles. The first kappa shape index (κ1) is 20.5. The van der Waals surface area contributed by atoms with Gasteiger partial charge in [0.25, 0.3) is 0 Å². The minimum absolute atomic E-state index is 0.236. The predicted molar refractivity (Wildman–Crippen MR) is 102 cm³/mol. The lowest BCUT2D eigenvalue weighted by atomic mass is 9.79. The van der Waals surface area contributed by atoms with Crippen LogP contribution in [0.5, 0.6) is 5.75 Å². The van der Waals surface area contributed by atoms with Gasteiger partial charge in [0.1, 0.15) is 5.75 Å². The molecule has 1 aromatic rings. The average Bonchev–Trinajstić information content (AvgIpc) is 2.65. The van der Waals surface area contributed by atoms with E-state index in [4.69, 9.17) is 9.47 Å². The van der Waals surface area contributed by atoms with Crippen molar-refractivity contribution in [3.8, 4) is 5.75 Å². The van der Waals surface area contributed by atoms with E-state index in [1.807, 2.05) is 24.3 Å². The van der Waals surface area contributed by atoms with Crippen molar-refractivity contribution in [3.63, 3.8) is 0 Å². The zero-order chi connectivity index (χ0) is 18.9. The zero-order valence-electron chi connectivity index (χ0n) is 16.3. The van der Waals surface area contributed by atoms with Gasteiger partial charge in [-0.3, -0.25) is 9.59 Å². The lowest BCUT2D eigenvalue weighted by Gasteiger charge is -2.28. The van der Waals surface area contributed by atoms with Crippen molar-refractivity contribution in [2.75, 3.05) is 6.61 Å². The summed E-state index contributed by atoms with van der Waals surface area (Å²) in [6, 6.07) is 7.63. The van der Waals surface area contributed by atoms with Gasteiger partial charge in [-0.2, -0.15) is 0 Å². The summed E-state index contributed by atoms with van der Waals surface area (Å²) in [7, 11) is 0. The first-order chi connectivity index (χ1) is 12.5.